The van der Waals surface area contributed by atoms with E-state index < -0.39 is 16.8 Å². The van der Waals surface area contributed by atoms with Crippen molar-refractivity contribution >= 4 is 35.6 Å². The lowest BCUT2D eigenvalue weighted by Gasteiger charge is -2.07. The van der Waals surface area contributed by atoms with Gasteiger partial charge in [0.1, 0.15) is 28.3 Å². The third kappa shape index (κ3) is 2.98. The topological polar surface area (TPSA) is 78.2 Å². The van der Waals surface area contributed by atoms with Crippen molar-refractivity contribution in [1.82, 2.24) is 20.4 Å². The number of thiol groups is 1. The summed E-state index contributed by atoms with van der Waals surface area (Å²) < 4.78 is 40.9. The van der Waals surface area contributed by atoms with Crippen LogP contribution < -0.4 is 0 Å². The van der Waals surface area contributed by atoms with Gasteiger partial charge in [-0.2, -0.15) is 24.4 Å². The fourth-order valence-electron chi connectivity index (χ4n) is 1.90. The summed E-state index contributed by atoms with van der Waals surface area (Å²) in [6, 6.07) is 5.49. The van der Waals surface area contributed by atoms with Crippen LogP contribution in [-0.4, -0.2) is 20.4 Å². The second-order valence-corrected chi connectivity index (χ2v) is 6.47. The van der Waals surface area contributed by atoms with Crippen LogP contribution in [0.2, 0.25) is 5.02 Å². The normalized spacial score (nSPS) is 11.5. The van der Waals surface area contributed by atoms with Crippen LogP contribution in [0.4, 0.5) is 13.2 Å². The molecule has 2 aromatic heterocycles. The average molecular weight is 388 g/mol. The van der Waals surface area contributed by atoms with E-state index in [1.165, 1.54) is 12.1 Å². The van der Waals surface area contributed by atoms with E-state index in [9.17, 15) is 13.2 Å². The van der Waals surface area contributed by atoms with Gasteiger partial charge in [0.25, 0.3) is 0 Å². The maximum atomic E-state index is 13.8. The van der Waals surface area contributed by atoms with Crippen molar-refractivity contribution in [3.8, 4) is 27.2 Å². The van der Waals surface area contributed by atoms with E-state index in [2.05, 4.69) is 33.0 Å². The van der Waals surface area contributed by atoms with Crippen LogP contribution in [0.15, 0.2) is 18.2 Å². The number of nitriles is 1. The van der Waals surface area contributed by atoms with Gasteiger partial charge in [0.15, 0.2) is 5.69 Å². The summed E-state index contributed by atoms with van der Waals surface area (Å²) in [7, 11) is 0. The Morgan fingerprint density at radius 2 is 2.08 bits per heavy atom. The van der Waals surface area contributed by atoms with Gasteiger partial charge in [-0.15, -0.1) is 16.4 Å². The molecule has 0 unspecified atom stereocenters. The fourth-order valence-corrected chi connectivity index (χ4v) is 3.41. The van der Waals surface area contributed by atoms with Crippen LogP contribution in [0.1, 0.15) is 11.4 Å². The second kappa shape index (κ2) is 6.08. The lowest BCUT2D eigenvalue weighted by molar-refractivity contribution is 0.104. The SMILES string of the molecule is N#Cc1n[nH]nc1-c1sc(-c2ccc(F)c(Cl)c2)nc1C(F)(F)S. The van der Waals surface area contributed by atoms with Gasteiger partial charge in [0, 0.05) is 5.56 Å². The largest absolute Gasteiger partial charge is 0.334 e. The van der Waals surface area contributed by atoms with Crippen LogP contribution in [0.5, 0.6) is 0 Å². The van der Waals surface area contributed by atoms with Crippen molar-refractivity contribution in [2.45, 2.75) is 5.25 Å². The van der Waals surface area contributed by atoms with Gasteiger partial charge in [0.05, 0.1) is 9.90 Å². The Kier molecular flexibility index (Phi) is 4.25. The predicted octanol–water partition coefficient (Wildman–Crippen LogP) is 4.24. The highest BCUT2D eigenvalue weighted by Crippen LogP contribution is 2.44. The number of hydrogen-bond donors (Lipinski definition) is 2. The van der Waals surface area contributed by atoms with Gasteiger partial charge in [-0.25, -0.2) is 9.37 Å². The molecule has 0 saturated heterocycles. The van der Waals surface area contributed by atoms with E-state index in [0.717, 1.165) is 17.4 Å². The fraction of sp³-hybridized carbons (Fsp3) is 0.0769. The van der Waals surface area contributed by atoms with Crippen LogP contribution in [0.3, 0.4) is 0 Å². The molecule has 3 aromatic rings. The Hall–Kier alpha value is -2.09. The van der Waals surface area contributed by atoms with Gasteiger partial charge in [0.2, 0.25) is 0 Å². The van der Waals surface area contributed by atoms with Crippen LogP contribution in [-0.2, 0) is 5.25 Å². The number of nitrogens with zero attached hydrogens (tertiary/aromatic N) is 4. The highest BCUT2D eigenvalue weighted by atomic mass is 35.5. The maximum absolute atomic E-state index is 13.8. The van der Waals surface area contributed by atoms with E-state index in [4.69, 9.17) is 16.9 Å². The van der Waals surface area contributed by atoms with Gasteiger partial charge in [-0.3, -0.25) is 0 Å². The monoisotopic (exact) mass is 387 g/mol. The Morgan fingerprint density at radius 1 is 1.33 bits per heavy atom. The standard InChI is InChI=1S/C13H5ClF3N5S2/c14-6-3-5(1-2-7(6)15)12-19-11(13(16,17)23)10(24-12)9-8(4-18)20-22-21-9/h1-3,23H,(H,20,21,22). The molecule has 0 bridgehead atoms. The molecule has 122 valence electrons. The summed E-state index contributed by atoms with van der Waals surface area (Å²) in [4.78, 5) is 3.81. The Bertz CT molecular complexity index is 957. The highest BCUT2D eigenvalue weighted by molar-refractivity contribution is 7.81. The first-order valence-corrected chi connectivity index (χ1v) is 7.83. The van der Waals surface area contributed by atoms with Crippen LogP contribution in [0, 0.1) is 17.1 Å². The second-order valence-electron chi connectivity index (χ2n) is 4.50. The van der Waals surface area contributed by atoms with Crippen molar-refractivity contribution in [3.05, 3.63) is 40.4 Å². The number of thiazole rings is 1. The molecule has 2 heterocycles. The molecule has 0 amide bonds. The molecule has 0 fully saturated rings. The lowest BCUT2D eigenvalue weighted by Crippen LogP contribution is -2.06. The summed E-state index contributed by atoms with van der Waals surface area (Å²) >= 11 is 9.82. The molecular weight excluding hydrogens is 383 g/mol. The molecule has 0 aliphatic carbocycles. The van der Waals surface area contributed by atoms with Gasteiger partial charge >= 0.3 is 5.25 Å². The summed E-state index contributed by atoms with van der Waals surface area (Å²) in [6.07, 6.45) is 0. The number of rotatable bonds is 3. The van der Waals surface area contributed by atoms with E-state index >= 15 is 0 Å². The highest BCUT2D eigenvalue weighted by Gasteiger charge is 2.36. The molecule has 3 rings (SSSR count). The predicted molar refractivity (Wildman–Crippen MR) is 85.5 cm³/mol. The summed E-state index contributed by atoms with van der Waals surface area (Å²) in [5.41, 5.74) is -0.533. The summed E-state index contributed by atoms with van der Waals surface area (Å²) in [5.74, 6) is -0.639. The van der Waals surface area contributed by atoms with Crippen molar-refractivity contribution in [3.63, 3.8) is 0 Å². The lowest BCUT2D eigenvalue weighted by atomic mass is 10.2. The first-order chi connectivity index (χ1) is 11.3. The van der Waals surface area contributed by atoms with Gasteiger partial charge in [-0.1, -0.05) is 24.2 Å². The molecule has 0 spiro atoms. The zero-order valence-corrected chi connectivity index (χ0v) is 13.9. The number of aromatic nitrogens is 4. The smallest absolute Gasteiger partial charge is 0.233 e. The molecule has 1 N–H and O–H groups in total. The Morgan fingerprint density at radius 3 is 2.71 bits per heavy atom. The zero-order valence-electron chi connectivity index (χ0n) is 11.4. The quantitative estimate of drug-likeness (QED) is 0.659. The van der Waals surface area contributed by atoms with Crippen molar-refractivity contribution in [2.75, 3.05) is 0 Å². The number of alkyl halides is 2. The average Bonchev–Trinajstić information content (AvgIpc) is 3.14. The summed E-state index contributed by atoms with van der Waals surface area (Å²) in [5, 5.41) is 14.9. The Balaban J connectivity index is 2.21. The molecule has 0 aliphatic heterocycles. The van der Waals surface area contributed by atoms with Crippen molar-refractivity contribution in [2.24, 2.45) is 0 Å². The summed E-state index contributed by atoms with van der Waals surface area (Å²) in [6.45, 7) is 0. The minimum atomic E-state index is -3.57. The molecule has 0 aliphatic rings. The maximum Gasteiger partial charge on any atom is 0.334 e. The number of H-pyrrole nitrogens is 1. The van der Waals surface area contributed by atoms with Crippen LogP contribution >= 0.6 is 35.6 Å². The first kappa shape index (κ1) is 16.8. The number of halogens is 4. The minimum Gasteiger partial charge on any atom is -0.233 e. The molecule has 0 atom stereocenters. The third-order valence-corrected chi connectivity index (χ3v) is 4.56. The van der Waals surface area contributed by atoms with Gasteiger partial charge in [-0.05, 0) is 18.2 Å². The Labute approximate surface area is 147 Å². The molecule has 0 saturated carbocycles. The van der Waals surface area contributed by atoms with Crippen LogP contribution in [0.25, 0.3) is 21.1 Å². The zero-order chi connectivity index (χ0) is 17.5. The third-order valence-electron chi connectivity index (χ3n) is 2.95. The molecule has 1 aromatic carbocycles. The number of nitrogens with one attached hydrogen (secondary N) is 1. The molecule has 0 radical (unpaired) electrons. The molecule has 24 heavy (non-hydrogen) atoms. The molecule has 11 heteroatoms. The number of benzene rings is 1. The number of aromatic amines is 1. The van der Waals surface area contributed by atoms with Crippen molar-refractivity contribution < 1.29 is 13.2 Å². The van der Waals surface area contributed by atoms with E-state index in [1.807, 2.05) is 0 Å². The number of hydrogen-bond acceptors (Lipinski definition) is 6. The van der Waals surface area contributed by atoms with E-state index in [1.54, 1.807) is 6.07 Å². The van der Waals surface area contributed by atoms with E-state index in [-0.39, 0.29) is 26.3 Å². The first-order valence-electron chi connectivity index (χ1n) is 6.19. The van der Waals surface area contributed by atoms with Crippen molar-refractivity contribution in [1.29, 1.82) is 5.26 Å². The minimum absolute atomic E-state index is 0.0572. The molecule has 5 nitrogen and oxygen atoms in total. The van der Waals surface area contributed by atoms with E-state index in [0.29, 0.717) is 5.56 Å². The van der Waals surface area contributed by atoms with Gasteiger partial charge < -0.3 is 0 Å². The molecular formula is C13H5ClF3N5S2.